The fourth-order valence-electron chi connectivity index (χ4n) is 2.32. The highest BCUT2D eigenvalue weighted by molar-refractivity contribution is 5.94. The van der Waals surface area contributed by atoms with Crippen LogP contribution in [0.15, 0.2) is 0 Å². The van der Waals surface area contributed by atoms with E-state index in [0.29, 0.717) is 0 Å². The van der Waals surface area contributed by atoms with Crippen molar-refractivity contribution in [3.05, 3.63) is 22.4 Å². The van der Waals surface area contributed by atoms with Gasteiger partial charge >= 0.3 is 5.97 Å². The van der Waals surface area contributed by atoms with Gasteiger partial charge in [0.1, 0.15) is 41.9 Å². The Morgan fingerprint density at radius 1 is 1.32 bits per heavy atom. The second-order valence-electron chi connectivity index (χ2n) is 5.25. The van der Waals surface area contributed by atoms with Crippen LogP contribution in [-0.2, 0) is 4.74 Å². The van der Waals surface area contributed by atoms with Crippen LogP contribution < -0.4 is 5.73 Å². The van der Waals surface area contributed by atoms with Gasteiger partial charge in [-0.3, -0.25) is 0 Å². The highest BCUT2D eigenvalue weighted by atomic mass is 16.5. The van der Waals surface area contributed by atoms with Gasteiger partial charge in [0.15, 0.2) is 0 Å². The molecule has 0 fully saturated rings. The third kappa shape index (κ3) is 4.22. The summed E-state index contributed by atoms with van der Waals surface area (Å²) in [5, 5.41) is 57.8. The minimum Gasteiger partial charge on any atom is -0.462 e. The van der Waals surface area contributed by atoms with Crippen LogP contribution in [-0.4, -0.2) is 68.0 Å². The van der Waals surface area contributed by atoms with Gasteiger partial charge in [0.25, 0.3) is 0 Å². The molecule has 25 heavy (non-hydrogen) atoms. The Kier molecular flexibility index (Phi) is 7.22. The minimum absolute atomic E-state index is 0.00841. The number of anilines is 1. The zero-order valence-corrected chi connectivity index (χ0v) is 13.7. The maximum Gasteiger partial charge on any atom is 0.340 e. The molecule has 0 bridgehead atoms. The monoisotopic (exact) mass is 355 g/mol. The lowest BCUT2D eigenvalue weighted by atomic mass is 9.90. The van der Waals surface area contributed by atoms with E-state index in [0.717, 1.165) is 0 Å². The molecule has 0 saturated carbocycles. The van der Waals surface area contributed by atoms with E-state index in [1.807, 2.05) is 0 Å². The predicted molar refractivity (Wildman–Crippen MR) is 84.1 cm³/mol. The Labute approximate surface area is 143 Å². The summed E-state index contributed by atoms with van der Waals surface area (Å²) in [6, 6.07) is 1.69. The van der Waals surface area contributed by atoms with Crippen LogP contribution in [0.2, 0.25) is 0 Å². The number of nitrogen functional groups attached to an aromatic ring is 1. The number of carbonyl (C=O) groups is 1. The van der Waals surface area contributed by atoms with Gasteiger partial charge in [-0.2, -0.15) is 5.26 Å². The van der Waals surface area contributed by atoms with Crippen molar-refractivity contribution >= 4 is 11.8 Å². The van der Waals surface area contributed by atoms with Gasteiger partial charge < -0.3 is 36.0 Å². The molecule has 10 nitrogen and oxygen atoms in total. The molecular formula is C15H21N3O7. The number of carbonyl (C=O) groups excluding carboxylic acids is 1. The number of nitrogens with zero attached hydrogens (tertiary/aromatic N) is 2. The second-order valence-corrected chi connectivity index (χ2v) is 5.25. The summed E-state index contributed by atoms with van der Waals surface area (Å²) in [7, 11) is 0. The third-order valence-corrected chi connectivity index (χ3v) is 3.59. The number of nitrogens with two attached hydrogens (primary N) is 1. The number of aliphatic hydroxyl groups excluding tert-OH is 5. The van der Waals surface area contributed by atoms with Crippen LogP contribution in [0, 0.1) is 18.3 Å². The molecule has 0 aliphatic heterocycles. The highest BCUT2D eigenvalue weighted by Gasteiger charge is 2.36. The summed E-state index contributed by atoms with van der Waals surface area (Å²) in [6.45, 7) is 2.08. The third-order valence-electron chi connectivity index (χ3n) is 3.59. The van der Waals surface area contributed by atoms with Gasteiger partial charge in [-0.15, -0.1) is 0 Å². The highest BCUT2D eigenvalue weighted by Crippen LogP contribution is 2.31. The largest absolute Gasteiger partial charge is 0.462 e. The molecule has 1 aromatic heterocycles. The molecular weight excluding hydrogens is 334 g/mol. The number of nitriles is 1. The lowest BCUT2D eigenvalue weighted by Crippen LogP contribution is -2.43. The van der Waals surface area contributed by atoms with Crippen LogP contribution in [0.1, 0.15) is 40.2 Å². The van der Waals surface area contributed by atoms with E-state index in [9.17, 15) is 30.5 Å². The van der Waals surface area contributed by atoms with Crippen LogP contribution in [0.5, 0.6) is 0 Å². The molecule has 0 aliphatic rings. The van der Waals surface area contributed by atoms with Gasteiger partial charge in [-0.1, -0.05) is 0 Å². The first-order chi connectivity index (χ1) is 11.7. The topological polar surface area (TPSA) is 190 Å². The lowest BCUT2D eigenvalue weighted by Gasteiger charge is -2.27. The van der Waals surface area contributed by atoms with E-state index in [-0.39, 0.29) is 34.8 Å². The molecule has 7 N–H and O–H groups in total. The predicted octanol–water partition coefficient (Wildman–Crippen LogP) is -1.87. The average Bonchev–Trinajstić information content (AvgIpc) is 2.58. The van der Waals surface area contributed by atoms with E-state index >= 15 is 0 Å². The molecule has 0 saturated heterocycles. The van der Waals surface area contributed by atoms with Crippen LogP contribution in [0.4, 0.5) is 5.82 Å². The Morgan fingerprint density at radius 2 is 1.92 bits per heavy atom. The fourth-order valence-corrected chi connectivity index (χ4v) is 2.32. The number of aryl methyl sites for hydroxylation is 1. The van der Waals surface area contributed by atoms with Crippen LogP contribution in [0.3, 0.4) is 0 Å². The minimum atomic E-state index is -2.02. The summed E-state index contributed by atoms with van der Waals surface area (Å²) in [5.74, 6) is -1.19. The van der Waals surface area contributed by atoms with Gasteiger partial charge in [0.05, 0.1) is 24.5 Å². The number of hydrogen-bond donors (Lipinski definition) is 6. The number of pyridine rings is 1. The molecule has 0 radical (unpaired) electrons. The van der Waals surface area contributed by atoms with Gasteiger partial charge in [-0.25, -0.2) is 9.78 Å². The number of aliphatic hydroxyl groups is 5. The van der Waals surface area contributed by atoms with Crippen molar-refractivity contribution in [3.8, 4) is 6.07 Å². The molecule has 138 valence electrons. The van der Waals surface area contributed by atoms with E-state index in [2.05, 4.69) is 4.98 Å². The smallest absolute Gasteiger partial charge is 0.340 e. The van der Waals surface area contributed by atoms with E-state index in [1.54, 1.807) is 13.0 Å². The molecule has 0 amide bonds. The molecule has 0 spiro atoms. The first-order valence-corrected chi connectivity index (χ1v) is 7.41. The van der Waals surface area contributed by atoms with E-state index < -0.39 is 37.0 Å². The first-order valence-electron chi connectivity index (χ1n) is 7.41. The normalized spacial score (nSPS) is 15.8. The number of hydrogen-bond acceptors (Lipinski definition) is 10. The molecule has 4 atom stereocenters. The van der Waals surface area contributed by atoms with E-state index in [4.69, 9.17) is 15.6 Å². The summed E-state index contributed by atoms with van der Waals surface area (Å²) in [5.41, 5.74) is 4.68. The maximum atomic E-state index is 12.2. The molecule has 1 heterocycles. The Bertz CT molecular complexity index is 674. The van der Waals surface area contributed by atoms with Gasteiger partial charge in [0, 0.05) is 5.56 Å². The van der Waals surface area contributed by atoms with Gasteiger partial charge in [0.2, 0.25) is 0 Å². The van der Waals surface area contributed by atoms with Gasteiger partial charge in [-0.05, 0) is 13.8 Å². The quantitative estimate of drug-likeness (QED) is 0.302. The number of rotatable bonds is 7. The van der Waals surface area contributed by atoms with Crippen molar-refractivity contribution in [2.75, 3.05) is 18.9 Å². The maximum absolute atomic E-state index is 12.2. The number of esters is 1. The summed E-state index contributed by atoms with van der Waals surface area (Å²) in [4.78, 5) is 16.1. The molecule has 10 heteroatoms. The zero-order valence-electron chi connectivity index (χ0n) is 13.7. The molecule has 1 rings (SSSR count). The van der Waals surface area contributed by atoms with Crippen molar-refractivity contribution in [1.82, 2.24) is 4.98 Å². The van der Waals surface area contributed by atoms with Crippen LogP contribution >= 0.6 is 0 Å². The molecule has 0 unspecified atom stereocenters. The van der Waals surface area contributed by atoms with Crippen molar-refractivity contribution in [3.63, 3.8) is 0 Å². The second kappa shape index (κ2) is 8.70. The molecule has 1 aromatic rings. The summed E-state index contributed by atoms with van der Waals surface area (Å²) in [6.07, 6.45) is -7.70. The van der Waals surface area contributed by atoms with Crippen molar-refractivity contribution < 1.29 is 35.1 Å². The summed E-state index contributed by atoms with van der Waals surface area (Å²) >= 11 is 0. The Balaban J connectivity index is 3.54. The molecule has 0 aromatic carbocycles. The fraction of sp³-hybridized carbons (Fsp3) is 0.533. The number of aromatic nitrogens is 1. The van der Waals surface area contributed by atoms with Crippen molar-refractivity contribution in [2.24, 2.45) is 0 Å². The average molecular weight is 355 g/mol. The summed E-state index contributed by atoms with van der Waals surface area (Å²) < 4.78 is 4.87. The standard InChI is InChI=1S/C15H21N3O7/c1-3-25-15(24)9-6(2)18-14(17)7(4-16)10(9)12(22)13(23)11(21)8(20)5-19/h8,11-13,19-23H,3,5H2,1-2H3,(H2,17,18)/t8-,11-,12+,13+/m1/s1. The zero-order chi connectivity index (χ0) is 19.3. The SMILES string of the molecule is CCOC(=O)c1c(C)nc(N)c(C#N)c1[C@H](O)[C@@H](O)[C@H](O)[C@H](O)CO. The Morgan fingerprint density at radius 3 is 2.40 bits per heavy atom. The van der Waals surface area contributed by atoms with Crippen LogP contribution in [0.25, 0.3) is 0 Å². The number of ether oxygens (including phenoxy) is 1. The molecule has 0 aliphatic carbocycles. The lowest BCUT2D eigenvalue weighted by molar-refractivity contribution is -0.116. The van der Waals surface area contributed by atoms with Crippen molar-refractivity contribution in [1.29, 1.82) is 5.26 Å². The van der Waals surface area contributed by atoms with Crippen molar-refractivity contribution in [2.45, 2.75) is 38.3 Å². The van der Waals surface area contributed by atoms with E-state index in [1.165, 1.54) is 6.92 Å². The Hall–Kier alpha value is -2.29. The first kappa shape index (κ1) is 20.8.